The summed E-state index contributed by atoms with van der Waals surface area (Å²) in [6.45, 7) is 9.07. The van der Waals surface area contributed by atoms with Crippen LogP contribution < -0.4 is 4.52 Å². The van der Waals surface area contributed by atoms with Crippen molar-refractivity contribution in [3.63, 3.8) is 0 Å². The van der Waals surface area contributed by atoms with Crippen LogP contribution in [-0.4, -0.2) is 19.5 Å². The predicted molar refractivity (Wildman–Crippen MR) is 80.5 cm³/mol. The van der Waals surface area contributed by atoms with Crippen LogP contribution in [0.15, 0.2) is 30.3 Å². The van der Waals surface area contributed by atoms with Crippen molar-refractivity contribution in [2.45, 2.75) is 20.3 Å². The molecule has 0 amide bonds. The Bertz CT molecular complexity index is 285. The van der Waals surface area contributed by atoms with Crippen molar-refractivity contribution < 1.29 is 4.52 Å². The Balaban J connectivity index is 0.00000225. The van der Waals surface area contributed by atoms with Crippen LogP contribution in [0.3, 0.4) is 0 Å². The molecule has 0 spiro atoms. The van der Waals surface area contributed by atoms with Gasteiger partial charge in [-0.2, -0.15) is 0 Å². The van der Waals surface area contributed by atoms with Gasteiger partial charge >= 0.3 is 0 Å². The van der Waals surface area contributed by atoms with Crippen molar-refractivity contribution in [2.75, 3.05) is 19.5 Å². The highest BCUT2D eigenvalue weighted by molar-refractivity contribution is 8.93. The summed E-state index contributed by atoms with van der Waals surface area (Å²) in [7, 11) is -1.22. The number of hydrogen-bond acceptors (Lipinski definition) is 1. The Labute approximate surface area is 111 Å². The lowest BCUT2D eigenvalue weighted by Gasteiger charge is -2.18. The van der Waals surface area contributed by atoms with Gasteiger partial charge in [0.2, 0.25) is 0 Å². The Kier molecular flexibility index (Phi) is 7.26. The molecule has 0 N–H and O–H groups in total. The van der Waals surface area contributed by atoms with Crippen LogP contribution in [0.1, 0.15) is 20.3 Å². The summed E-state index contributed by atoms with van der Waals surface area (Å²) >= 11 is 0. The van der Waals surface area contributed by atoms with Gasteiger partial charge in [0, 0.05) is 0 Å². The molecule has 0 aromatic heterocycles. The van der Waals surface area contributed by atoms with E-state index >= 15 is 0 Å². The van der Waals surface area contributed by atoms with Gasteiger partial charge in [0.15, 0.2) is 13.2 Å². The summed E-state index contributed by atoms with van der Waals surface area (Å²) in [5, 5.41) is 0. The Morgan fingerprint density at radius 1 is 1.12 bits per heavy atom. The first-order chi connectivity index (χ1) is 6.99. The molecule has 0 aliphatic heterocycles. The van der Waals surface area contributed by atoms with Gasteiger partial charge in [-0.15, -0.1) is 17.0 Å². The van der Waals surface area contributed by atoms with Crippen LogP contribution in [-0.2, 0) is 0 Å². The topological polar surface area (TPSA) is 9.23 Å². The summed E-state index contributed by atoms with van der Waals surface area (Å²) in [4.78, 5) is 0. The average molecular weight is 306 g/mol. The number of benzene rings is 1. The van der Waals surface area contributed by atoms with Crippen LogP contribution >= 0.6 is 24.5 Å². The van der Waals surface area contributed by atoms with Gasteiger partial charge in [0.1, 0.15) is 0 Å². The lowest BCUT2D eigenvalue weighted by Crippen LogP contribution is -2.05. The molecule has 1 aromatic rings. The van der Waals surface area contributed by atoms with Gasteiger partial charge in [-0.25, -0.2) is 0 Å². The minimum Gasteiger partial charge on any atom is -0.351 e. The maximum atomic E-state index is 6.06. The molecule has 0 bridgehead atoms. The van der Waals surface area contributed by atoms with E-state index in [9.17, 15) is 0 Å². The van der Waals surface area contributed by atoms with E-state index in [1.807, 2.05) is 30.3 Å². The van der Waals surface area contributed by atoms with Crippen molar-refractivity contribution in [1.82, 2.24) is 0 Å². The van der Waals surface area contributed by atoms with E-state index in [0.717, 1.165) is 11.7 Å². The molecule has 0 saturated heterocycles. The highest BCUT2D eigenvalue weighted by Gasteiger charge is 2.28. The molecule has 1 nitrogen and oxygen atoms in total. The molecule has 0 unspecified atom stereocenters. The molecule has 0 aliphatic carbocycles. The van der Waals surface area contributed by atoms with Crippen molar-refractivity contribution in [3.8, 4) is 5.75 Å². The maximum Gasteiger partial charge on any atom is 0.185 e. The minimum absolute atomic E-state index is 0. The summed E-state index contributed by atoms with van der Waals surface area (Å²) in [6, 6.07) is 10.1. The fourth-order valence-corrected chi connectivity index (χ4v) is 3.30. The number of para-hydroxylation sites is 1. The van der Waals surface area contributed by atoms with Crippen molar-refractivity contribution in [1.29, 1.82) is 0 Å². The first kappa shape index (κ1) is 15.9. The maximum absolute atomic E-state index is 6.06. The van der Waals surface area contributed by atoms with Crippen LogP contribution in [0.2, 0.25) is 0 Å². The summed E-state index contributed by atoms with van der Waals surface area (Å²) in [6.07, 6.45) is 2.47. The number of hydrogen-bond donors (Lipinski definition) is 0. The molecule has 0 heterocycles. The molecule has 0 aliphatic rings. The van der Waals surface area contributed by atoms with Crippen molar-refractivity contribution >= 4 is 24.5 Å². The lowest BCUT2D eigenvalue weighted by atomic mass is 10.2. The lowest BCUT2D eigenvalue weighted by molar-refractivity contribution is 0.576. The number of halogens is 1. The zero-order chi connectivity index (χ0) is 11.3. The van der Waals surface area contributed by atoms with E-state index in [2.05, 4.69) is 27.2 Å². The first-order valence-electron chi connectivity index (χ1n) is 5.57. The second-order valence-electron chi connectivity index (χ2n) is 4.88. The van der Waals surface area contributed by atoms with Crippen LogP contribution in [0, 0.1) is 5.92 Å². The van der Waals surface area contributed by atoms with Gasteiger partial charge in [0.05, 0.1) is 19.5 Å². The Morgan fingerprint density at radius 2 is 1.69 bits per heavy atom. The smallest absolute Gasteiger partial charge is 0.185 e. The molecule has 0 saturated carbocycles. The highest BCUT2D eigenvalue weighted by Crippen LogP contribution is 2.52. The third-order valence-corrected chi connectivity index (χ3v) is 4.38. The molecule has 92 valence electrons. The largest absolute Gasteiger partial charge is 0.351 e. The Morgan fingerprint density at radius 3 is 2.19 bits per heavy atom. The van der Waals surface area contributed by atoms with Crippen LogP contribution in [0.25, 0.3) is 0 Å². The van der Waals surface area contributed by atoms with E-state index in [0.29, 0.717) is 0 Å². The van der Waals surface area contributed by atoms with Gasteiger partial charge < -0.3 is 4.52 Å². The molecule has 3 heteroatoms. The molecule has 1 rings (SSSR count). The van der Waals surface area contributed by atoms with E-state index in [1.165, 1.54) is 12.6 Å². The third-order valence-electron chi connectivity index (χ3n) is 2.34. The van der Waals surface area contributed by atoms with Gasteiger partial charge in [-0.3, -0.25) is 0 Å². The summed E-state index contributed by atoms with van der Waals surface area (Å²) in [5.74, 6) is 1.78. The number of rotatable bonds is 5. The summed E-state index contributed by atoms with van der Waals surface area (Å²) in [5.41, 5.74) is 0. The molecule has 16 heavy (non-hydrogen) atoms. The SMILES string of the molecule is Br.CC(C)CC[P+](C)(C)Oc1ccccc1. The van der Waals surface area contributed by atoms with Gasteiger partial charge in [0.25, 0.3) is 0 Å². The van der Waals surface area contributed by atoms with E-state index in [4.69, 9.17) is 4.52 Å². The second-order valence-corrected chi connectivity index (χ2v) is 8.66. The fraction of sp³-hybridized carbons (Fsp3) is 0.538. The normalized spacial score (nSPS) is 11.1. The van der Waals surface area contributed by atoms with E-state index in [1.54, 1.807) is 0 Å². The standard InChI is InChI=1S/C13H22OP.BrH/c1-12(2)10-11-15(3,4)14-13-8-6-5-7-9-13;/h5-9,12H,10-11H2,1-4H3;1H/q+1;. The fourth-order valence-electron chi connectivity index (χ4n) is 1.38. The van der Waals surface area contributed by atoms with Crippen LogP contribution in [0.4, 0.5) is 0 Å². The van der Waals surface area contributed by atoms with Crippen molar-refractivity contribution in [3.05, 3.63) is 30.3 Å². The predicted octanol–water partition coefficient (Wildman–Crippen LogP) is 4.88. The summed E-state index contributed by atoms with van der Waals surface area (Å²) < 4.78 is 6.06. The van der Waals surface area contributed by atoms with Crippen molar-refractivity contribution in [2.24, 2.45) is 5.92 Å². The average Bonchev–Trinajstić information content (AvgIpc) is 2.16. The zero-order valence-electron chi connectivity index (χ0n) is 10.6. The molecular formula is C13H23BrOP+. The van der Waals surface area contributed by atoms with E-state index < -0.39 is 7.49 Å². The van der Waals surface area contributed by atoms with E-state index in [-0.39, 0.29) is 17.0 Å². The quantitative estimate of drug-likeness (QED) is 0.704. The van der Waals surface area contributed by atoms with Gasteiger partial charge in [-0.1, -0.05) is 32.0 Å². The molecule has 0 fully saturated rings. The Hall–Kier alpha value is -0.0700. The molecule has 0 radical (unpaired) electrons. The highest BCUT2D eigenvalue weighted by atomic mass is 79.9. The first-order valence-corrected chi connectivity index (χ1v) is 8.36. The zero-order valence-corrected chi connectivity index (χ0v) is 13.2. The van der Waals surface area contributed by atoms with Gasteiger partial charge in [-0.05, 0) is 24.5 Å². The van der Waals surface area contributed by atoms with Crippen LogP contribution in [0.5, 0.6) is 5.75 Å². The molecule has 0 atom stereocenters. The second kappa shape index (κ2) is 7.29. The molecular weight excluding hydrogens is 283 g/mol. The molecule has 1 aromatic carbocycles. The minimum atomic E-state index is -1.22. The monoisotopic (exact) mass is 305 g/mol. The third kappa shape index (κ3) is 6.50.